The first-order chi connectivity index (χ1) is 9.86. The summed E-state index contributed by atoms with van der Waals surface area (Å²) in [6, 6.07) is 5.16. The zero-order valence-electron chi connectivity index (χ0n) is 11.7. The molecule has 0 radical (unpaired) electrons. The number of rotatable bonds is 7. The average Bonchev–Trinajstić information content (AvgIpc) is 2.38. The fraction of sp³-hybridized carbons (Fsp3) is 0.429. The lowest BCUT2D eigenvalue weighted by Crippen LogP contribution is -2.38. The molecule has 0 N–H and O–H groups in total. The first kappa shape index (κ1) is 17.3. The molecule has 0 spiro atoms. The summed E-state index contributed by atoms with van der Waals surface area (Å²) in [4.78, 5) is 33.9. The van der Waals surface area contributed by atoms with E-state index >= 15 is 0 Å². The van der Waals surface area contributed by atoms with Crippen LogP contribution in [0.25, 0.3) is 0 Å². The van der Waals surface area contributed by atoms with Crippen LogP contribution in [0.15, 0.2) is 28.7 Å². The minimum absolute atomic E-state index is 0.0519. The van der Waals surface area contributed by atoms with Crippen molar-refractivity contribution in [3.05, 3.63) is 44.4 Å². The van der Waals surface area contributed by atoms with Crippen molar-refractivity contribution in [2.75, 3.05) is 6.61 Å². The Balaban J connectivity index is 3.19. The van der Waals surface area contributed by atoms with Crippen LogP contribution in [-0.4, -0.2) is 29.3 Å². The first-order valence-corrected chi connectivity index (χ1v) is 7.21. The molecule has 7 heteroatoms. The Morgan fingerprint density at radius 1 is 1.33 bits per heavy atom. The molecule has 2 atom stereocenters. The normalized spacial score (nSPS) is 13.3. The van der Waals surface area contributed by atoms with Gasteiger partial charge in [-0.25, -0.2) is 4.79 Å². The van der Waals surface area contributed by atoms with Crippen LogP contribution in [0.2, 0.25) is 0 Å². The predicted molar refractivity (Wildman–Crippen MR) is 79.6 cm³/mol. The number of ether oxygens (including phenoxy) is 1. The highest BCUT2D eigenvalue weighted by Gasteiger charge is 2.41. The molecule has 1 rings (SSSR count). The number of esters is 1. The maximum absolute atomic E-state index is 11.9. The van der Waals surface area contributed by atoms with E-state index in [2.05, 4.69) is 15.9 Å². The van der Waals surface area contributed by atoms with Gasteiger partial charge in [0.2, 0.25) is 0 Å². The van der Waals surface area contributed by atoms with Crippen molar-refractivity contribution in [3.8, 4) is 0 Å². The lowest BCUT2D eigenvalue weighted by molar-refractivity contribution is -0.514. The molecule has 0 aliphatic heterocycles. The summed E-state index contributed by atoms with van der Waals surface area (Å²) in [6.45, 7) is 2.97. The van der Waals surface area contributed by atoms with Crippen LogP contribution in [-0.2, 0) is 14.3 Å². The standard InChI is InChI=1S/C14H16BrNO5/c1-3-21-14(18)13(16(19)20)12(8-9(2)17)10-4-6-11(15)7-5-10/h4-7,12-13H,3,8H2,1-2H3/t12-,13?/m1/s1. The highest BCUT2D eigenvalue weighted by Crippen LogP contribution is 2.28. The van der Waals surface area contributed by atoms with Gasteiger partial charge in [0.15, 0.2) is 0 Å². The highest BCUT2D eigenvalue weighted by atomic mass is 79.9. The summed E-state index contributed by atoms with van der Waals surface area (Å²) in [7, 11) is 0. The number of hydrogen-bond acceptors (Lipinski definition) is 5. The van der Waals surface area contributed by atoms with Crippen molar-refractivity contribution in [1.29, 1.82) is 0 Å². The molecular weight excluding hydrogens is 342 g/mol. The summed E-state index contributed by atoms with van der Waals surface area (Å²) in [6.07, 6.45) is -0.0912. The van der Waals surface area contributed by atoms with E-state index in [1.807, 2.05) is 0 Å². The Labute approximate surface area is 130 Å². The van der Waals surface area contributed by atoms with Gasteiger partial charge in [0, 0.05) is 15.8 Å². The van der Waals surface area contributed by atoms with Crippen LogP contribution in [0.3, 0.4) is 0 Å². The largest absolute Gasteiger partial charge is 0.461 e. The Kier molecular flexibility index (Phi) is 6.48. The van der Waals surface area contributed by atoms with Gasteiger partial charge in [-0.2, -0.15) is 0 Å². The monoisotopic (exact) mass is 357 g/mol. The number of nitrogens with zero attached hydrogens (tertiary/aromatic N) is 1. The summed E-state index contributed by atoms with van der Waals surface area (Å²) < 4.78 is 5.58. The molecule has 1 unspecified atom stereocenters. The summed E-state index contributed by atoms with van der Waals surface area (Å²) in [5.41, 5.74) is 0.558. The molecule has 0 bridgehead atoms. The lowest BCUT2D eigenvalue weighted by Gasteiger charge is -2.19. The van der Waals surface area contributed by atoms with Crippen molar-refractivity contribution in [3.63, 3.8) is 0 Å². The summed E-state index contributed by atoms with van der Waals surface area (Å²) >= 11 is 3.27. The Bertz CT molecular complexity index is 529. The fourth-order valence-electron chi connectivity index (χ4n) is 2.06. The number of benzene rings is 1. The molecule has 0 aliphatic rings. The average molecular weight is 358 g/mol. The Morgan fingerprint density at radius 3 is 2.33 bits per heavy atom. The van der Waals surface area contributed by atoms with Crippen molar-refractivity contribution in [1.82, 2.24) is 0 Å². The third-order valence-corrected chi connectivity index (χ3v) is 3.47. The first-order valence-electron chi connectivity index (χ1n) is 6.41. The van der Waals surface area contributed by atoms with Gasteiger partial charge < -0.3 is 9.53 Å². The van der Waals surface area contributed by atoms with Gasteiger partial charge >= 0.3 is 12.0 Å². The molecule has 0 aliphatic carbocycles. The number of carbonyl (C=O) groups excluding carboxylic acids is 2. The fourth-order valence-corrected chi connectivity index (χ4v) is 2.32. The van der Waals surface area contributed by atoms with Crippen LogP contribution in [0.1, 0.15) is 31.7 Å². The molecule has 0 saturated carbocycles. The SMILES string of the molecule is CCOC(=O)C([C@H](CC(C)=O)c1ccc(Br)cc1)[N+](=O)[O-]. The van der Waals surface area contributed by atoms with Gasteiger partial charge in [-0.05, 0) is 31.5 Å². The van der Waals surface area contributed by atoms with Crippen LogP contribution >= 0.6 is 15.9 Å². The third kappa shape index (κ3) is 4.93. The maximum Gasteiger partial charge on any atom is 0.382 e. The molecule has 0 heterocycles. The van der Waals surface area contributed by atoms with Gasteiger partial charge in [-0.1, -0.05) is 28.1 Å². The molecule has 1 aromatic rings. The molecule has 0 aromatic heterocycles. The number of Topliss-reactive ketones (excluding diaryl/α,β-unsaturated/α-hetero) is 1. The molecule has 114 valence electrons. The van der Waals surface area contributed by atoms with Crippen LogP contribution in [0.5, 0.6) is 0 Å². The number of hydrogen-bond donors (Lipinski definition) is 0. The number of halogens is 1. The minimum atomic E-state index is -1.59. The molecule has 0 amide bonds. The van der Waals surface area contributed by atoms with Gasteiger partial charge in [0.05, 0.1) is 12.5 Å². The van der Waals surface area contributed by atoms with Crippen LogP contribution in [0, 0.1) is 10.1 Å². The third-order valence-electron chi connectivity index (χ3n) is 2.94. The molecular formula is C14H16BrNO5. The molecule has 0 fully saturated rings. The van der Waals surface area contributed by atoms with Gasteiger partial charge in [0.1, 0.15) is 5.78 Å². The zero-order chi connectivity index (χ0) is 16.0. The lowest BCUT2D eigenvalue weighted by atomic mass is 9.87. The van der Waals surface area contributed by atoms with Crippen molar-refractivity contribution < 1.29 is 19.2 Å². The van der Waals surface area contributed by atoms with E-state index in [0.29, 0.717) is 5.56 Å². The molecule has 0 saturated heterocycles. The van der Waals surface area contributed by atoms with Crippen LogP contribution < -0.4 is 0 Å². The van der Waals surface area contributed by atoms with E-state index in [0.717, 1.165) is 4.47 Å². The second-order valence-electron chi connectivity index (χ2n) is 4.55. The summed E-state index contributed by atoms with van der Waals surface area (Å²) in [5.74, 6) is -1.99. The summed E-state index contributed by atoms with van der Waals surface area (Å²) in [5, 5.41) is 11.3. The molecule has 1 aromatic carbocycles. The second kappa shape index (κ2) is 7.87. The highest BCUT2D eigenvalue weighted by molar-refractivity contribution is 9.10. The quantitative estimate of drug-likeness (QED) is 0.425. The smallest absolute Gasteiger partial charge is 0.382 e. The Morgan fingerprint density at radius 2 is 1.90 bits per heavy atom. The van der Waals surface area contributed by atoms with Gasteiger partial charge in [0.25, 0.3) is 0 Å². The second-order valence-corrected chi connectivity index (χ2v) is 5.46. The maximum atomic E-state index is 11.9. The van der Waals surface area contributed by atoms with Crippen molar-refractivity contribution >= 4 is 27.7 Å². The molecule has 6 nitrogen and oxygen atoms in total. The van der Waals surface area contributed by atoms with Crippen molar-refractivity contribution in [2.24, 2.45) is 0 Å². The Hall–Kier alpha value is -1.76. The van der Waals surface area contributed by atoms with E-state index in [-0.39, 0.29) is 18.8 Å². The topological polar surface area (TPSA) is 86.5 Å². The molecule has 21 heavy (non-hydrogen) atoms. The zero-order valence-corrected chi connectivity index (χ0v) is 13.3. The van der Waals surface area contributed by atoms with Gasteiger partial charge in [-0.15, -0.1) is 0 Å². The predicted octanol–water partition coefficient (Wildman–Crippen LogP) is 2.72. The van der Waals surface area contributed by atoms with E-state index in [4.69, 9.17) is 4.74 Å². The number of carbonyl (C=O) groups is 2. The van der Waals surface area contributed by atoms with Crippen molar-refractivity contribution in [2.45, 2.75) is 32.2 Å². The number of nitro groups is 1. The van der Waals surface area contributed by atoms with Crippen LogP contribution in [0.4, 0.5) is 0 Å². The van der Waals surface area contributed by atoms with E-state index in [9.17, 15) is 19.7 Å². The van der Waals surface area contributed by atoms with E-state index in [1.165, 1.54) is 6.92 Å². The van der Waals surface area contributed by atoms with E-state index < -0.39 is 22.9 Å². The van der Waals surface area contributed by atoms with Gasteiger partial charge in [-0.3, -0.25) is 10.1 Å². The minimum Gasteiger partial charge on any atom is -0.461 e. The number of ketones is 1. The van der Waals surface area contributed by atoms with E-state index in [1.54, 1.807) is 31.2 Å².